The molecule has 0 aliphatic rings. The number of hydrogen-bond acceptors (Lipinski definition) is 6. The number of rotatable bonds is 6. The number of nitrogens with zero attached hydrogens (tertiary/aromatic N) is 2. The van der Waals surface area contributed by atoms with Crippen LogP contribution < -0.4 is 5.32 Å². The third kappa shape index (κ3) is 3.45. The minimum atomic E-state index is -1.02. The molecule has 0 fully saturated rings. The number of amides is 1. The average molecular weight is 259 g/mol. The maximum Gasteiger partial charge on any atom is 0.265 e. The van der Waals surface area contributed by atoms with Gasteiger partial charge < -0.3 is 15.5 Å². The van der Waals surface area contributed by atoms with Crippen LogP contribution in [0.25, 0.3) is 0 Å². The molecule has 0 unspecified atom stereocenters. The molecule has 0 atom stereocenters. The lowest BCUT2D eigenvalue weighted by Crippen LogP contribution is -2.51. The largest absolute Gasteiger partial charge is 0.394 e. The number of aromatic nitrogens is 2. The molecule has 6 nitrogen and oxygen atoms in total. The normalized spacial score (nSPS) is 11.5. The summed E-state index contributed by atoms with van der Waals surface area (Å²) in [6.45, 7) is 2.90. The van der Waals surface area contributed by atoms with Crippen molar-refractivity contribution in [1.29, 1.82) is 0 Å². The number of carbonyl (C=O) groups is 1. The molecule has 1 aromatic heterocycles. The van der Waals surface area contributed by atoms with E-state index in [1.807, 2.05) is 6.92 Å². The van der Waals surface area contributed by atoms with Crippen molar-refractivity contribution in [2.24, 2.45) is 0 Å². The topological polar surface area (TPSA) is 95.3 Å². The highest BCUT2D eigenvalue weighted by atomic mass is 32.1. The average Bonchev–Trinajstić information content (AvgIpc) is 2.77. The van der Waals surface area contributed by atoms with Crippen molar-refractivity contribution in [3.63, 3.8) is 0 Å². The molecule has 17 heavy (non-hydrogen) atoms. The zero-order chi connectivity index (χ0) is 12.9. The second-order valence-electron chi connectivity index (χ2n) is 4.13. The second kappa shape index (κ2) is 6.04. The maximum absolute atomic E-state index is 11.9. The van der Waals surface area contributed by atoms with Crippen LogP contribution >= 0.6 is 11.5 Å². The molecule has 0 saturated carbocycles. The molecule has 96 valence electrons. The minimum Gasteiger partial charge on any atom is -0.394 e. The molecule has 0 spiro atoms. The summed E-state index contributed by atoms with van der Waals surface area (Å²) in [5.74, 6) is -0.353. The number of hydrogen-bond donors (Lipinski definition) is 3. The smallest absolute Gasteiger partial charge is 0.265 e. The number of carbonyl (C=O) groups excluding carboxylic acids is 1. The molecule has 0 bridgehead atoms. The molecule has 1 aromatic rings. The molecule has 7 heteroatoms. The van der Waals surface area contributed by atoms with Gasteiger partial charge in [0.05, 0.1) is 24.4 Å². The van der Waals surface area contributed by atoms with Gasteiger partial charge in [-0.15, -0.1) is 5.10 Å². The van der Waals surface area contributed by atoms with Crippen molar-refractivity contribution in [3.05, 3.63) is 10.6 Å². The summed E-state index contributed by atoms with van der Waals surface area (Å²) in [4.78, 5) is 12.4. The van der Waals surface area contributed by atoms with Crippen molar-refractivity contribution < 1.29 is 15.0 Å². The highest BCUT2D eigenvalue weighted by molar-refractivity contribution is 7.08. The van der Waals surface area contributed by atoms with E-state index in [9.17, 15) is 4.79 Å². The van der Waals surface area contributed by atoms with E-state index in [1.54, 1.807) is 6.92 Å². The minimum absolute atomic E-state index is 0.329. The third-order valence-corrected chi connectivity index (χ3v) is 3.13. The van der Waals surface area contributed by atoms with Crippen LogP contribution in [0.2, 0.25) is 0 Å². The van der Waals surface area contributed by atoms with E-state index in [2.05, 4.69) is 14.9 Å². The van der Waals surface area contributed by atoms with Crippen LogP contribution in [-0.2, 0) is 6.42 Å². The van der Waals surface area contributed by atoms with Gasteiger partial charge >= 0.3 is 0 Å². The number of aliphatic hydroxyl groups is 2. The summed E-state index contributed by atoms with van der Waals surface area (Å²) in [6, 6.07) is 0. The first-order chi connectivity index (χ1) is 8.06. The van der Waals surface area contributed by atoms with Gasteiger partial charge in [0.1, 0.15) is 4.88 Å². The quantitative estimate of drug-likeness (QED) is 0.666. The lowest BCUT2D eigenvalue weighted by Gasteiger charge is -2.25. The second-order valence-corrected chi connectivity index (χ2v) is 4.88. The van der Waals surface area contributed by atoms with Gasteiger partial charge in [-0.2, -0.15) is 0 Å². The summed E-state index contributed by atoms with van der Waals surface area (Å²) in [5, 5.41) is 24.7. The van der Waals surface area contributed by atoms with Crippen LogP contribution in [0, 0.1) is 0 Å². The van der Waals surface area contributed by atoms with Crippen molar-refractivity contribution in [2.45, 2.75) is 32.2 Å². The van der Waals surface area contributed by atoms with Gasteiger partial charge in [-0.1, -0.05) is 17.8 Å². The molecule has 1 amide bonds. The molecule has 1 heterocycles. The first-order valence-electron chi connectivity index (χ1n) is 5.41. The summed E-state index contributed by atoms with van der Waals surface area (Å²) >= 11 is 1.02. The lowest BCUT2D eigenvalue weighted by molar-refractivity contribution is 0.0726. The Balaban J connectivity index is 2.79. The molecule has 0 aliphatic carbocycles. The van der Waals surface area contributed by atoms with Gasteiger partial charge in [0, 0.05) is 0 Å². The fourth-order valence-corrected chi connectivity index (χ4v) is 1.84. The predicted molar refractivity (Wildman–Crippen MR) is 63.9 cm³/mol. The first-order valence-corrected chi connectivity index (χ1v) is 6.19. The van der Waals surface area contributed by atoms with Crippen molar-refractivity contribution in [3.8, 4) is 0 Å². The van der Waals surface area contributed by atoms with Crippen molar-refractivity contribution >= 4 is 17.4 Å². The van der Waals surface area contributed by atoms with Gasteiger partial charge in [-0.25, -0.2) is 0 Å². The van der Waals surface area contributed by atoms with E-state index in [0.717, 1.165) is 18.0 Å². The fourth-order valence-electron chi connectivity index (χ4n) is 1.24. The van der Waals surface area contributed by atoms with E-state index in [1.165, 1.54) is 0 Å². The van der Waals surface area contributed by atoms with Crippen LogP contribution in [0.5, 0.6) is 0 Å². The van der Waals surface area contributed by atoms with E-state index < -0.39 is 5.54 Å². The van der Waals surface area contributed by atoms with E-state index in [4.69, 9.17) is 10.2 Å². The van der Waals surface area contributed by atoms with Crippen LogP contribution in [-0.4, -0.2) is 44.5 Å². The first kappa shape index (κ1) is 14.0. The van der Waals surface area contributed by atoms with E-state index in [-0.39, 0.29) is 19.1 Å². The lowest BCUT2D eigenvalue weighted by atomic mass is 10.1. The Morgan fingerprint density at radius 2 is 2.12 bits per heavy atom. The molecular formula is C10H17N3O3S. The molecular weight excluding hydrogens is 242 g/mol. The van der Waals surface area contributed by atoms with Crippen LogP contribution in [0.3, 0.4) is 0 Å². The summed E-state index contributed by atoms with van der Waals surface area (Å²) in [6.07, 6.45) is 1.57. The molecule has 0 aromatic carbocycles. The third-order valence-electron chi connectivity index (χ3n) is 2.36. The monoisotopic (exact) mass is 259 g/mol. The Kier molecular flexibility index (Phi) is 4.98. The Morgan fingerprint density at radius 1 is 1.47 bits per heavy atom. The Morgan fingerprint density at radius 3 is 2.65 bits per heavy atom. The summed E-state index contributed by atoms with van der Waals surface area (Å²) in [7, 11) is 0. The molecule has 1 rings (SSSR count). The van der Waals surface area contributed by atoms with E-state index in [0.29, 0.717) is 17.0 Å². The fraction of sp³-hybridized carbons (Fsp3) is 0.700. The Hall–Kier alpha value is -1.05. The van der Waals surface area contributed by atoms with Gasteiger partial charge in [0.2, 0.25) is 0 Å². The SMILES string of the molecule is CCCc1nnsc1C(=O)NC(C)(CO)CO. The zero-order valence-electron chi connectivity index (χ0n) is 9.93. The van der Waals surface area contributed by atoms with Crippen molar-refractivity contribution in [1.82, 2.24) is 14.9 Å². The van der Waals surface area contributed by atoms with Gasteiger partial charge in [-0.05, 0) is 24.9 Å². The summed E-state index contributed by atoms with van der Waals surface area (Å²) in [5.41, 5.74) is -0.363. The highest BCUT2D eigenvalue weighted by Gasteiger charge is 2.27. The Labute approximate surface area is 104 Å². The Bertz CT molecular complexity index is 377. The number of nitrogens with one attached hydrogen (secondary N) is 1. The number of aliphatic hydroxyl groups excluding tert-OH is 2. The van der Waals surface area contributed by atoms with Crippen LogP contribution in [0.4, 0.5) is 0 Å². The van der Waals surface area contributed by atoms with E-state index >= 15 is 0 Å². The maximum atomic E-state index is 11.9. The predicted octanol–water partition coefficient (Wildman–Crippen LogP) is -0.0363. The standard InChI is InChI=1S/C10H17N3O3S/c1-3-4-7-8(17-13-12-7)9(16)11-10(2,5-14)6-15/h14-15H,3-6H2,1-2H3,(H,11,16). The molecule has 0 radical (unpaired) electrons. The molecule has 3 N–H and O–H groups in total. The highest BCUT2D eigenvalue weighted by Crippen LogP contribution is 2.14. The van der Waals surface area contributed by atoms with Gasteiger partial charge in [0.15, 0.2) is 0 Å². The van der Waals surface area contributed by atoms with Gasteiger partial charge in [-0.3, -0.25) is 4.79 Å². The van der Waals surface area contributed by atoms with Crippen LogP contribution in [0.15, 0.2) is 0 Å². The zero-order valence-corrected chi connectivity index (χ0v) is 10.8. The van der Waals surface area contributed by atoms with Gasteiger partial charge in [0.25, 0.3) is 5.91 Å². The molecule has 0 aliphatic heterocycles. The van der Waals surface area contributed by atoms with Crippen molar-refractivity contribution in [2.75, 3.05) is 13.2 Å². The van der Waals surface area contributed by atoms with Crippen LogP contribution in [0.1, 0.15) is 35.6 Å². The number of aryl methyl sites for hydroxylation is 1. The molecule has 0 saturated heterocycles. The summed E-state index contributed by atoms with van der Waals surface area (Å²) < 4.78 is 3.75.